The van der Waals surface area contributed by atoms with E-state index in [9.17, 15) is 0 Å². The van der Waals surface area contributed by atoms with Crippen molar-refractivity contribution in [3.05, 3.63) is 151 Å². The summed E-state index contributed by atoms with van der Waals surface area (Å²) in [5.74, 6) is 0.858. The van der Waals surface area contributed by atoms with E-state index in [1.165, 1.54) is 75.8 Å². The van der Waals surface area contributed by atoms with Crippen LogP contribution in [0.3, 0.4) is 0 Å². The zero-order valence-electron chi connectivity index (χ0n) is 24.7. The van der Waals surface area contributed by atoms with Crippen LogP contribution < -0.4 is 5.32 Å². The number of thiophene rings is 1. The molecule has 1 unspecified atom stereocenters. The van der Waals surface area contributed by atoms with Crippen molar-refractivity contribution in [3.63, 3.8) is 0 Å². The molecule has 0 spiro atoms. The van der Waals surface area contributed by atoms with Gasteiger partial charge in [0, 0.05) is 26.4 Å². The van der Waals surface area contributed by atoms with Gasteiger partial charge in [0.2, 0.25) is 5.96 Å². The lowest BCUT2D eigenvalue weighted by Gasteiger charge is -2.28. The number of aromatic nitrogens is 1. The second kappa shape index (κ2) is 8.94. The first-order valence-corrected chi connectivity index (χ1v) is 16.6. The maximum Gasteiger partial charge on any atom is 0.210 e. The van der Waals surface area contributed by atoms with Crippen molar-refractivity contribution in [3.8, 4) is 22.3 Å². The Hall–Kier alpha value is -5.71. The predicted molar refractivity (Wildman–Crippen MR) is 195 cm³/mol. The average molecular weight is 604 g/mol. The molecule has 0 saturated carbocycles. The number of para-hydroxylation sites is 1. The molecule has 1 aliphatic carbocycles. The third-order valence-electron chi connectivity index (χ3n) is 10.0. The van der Waals surface area contributed by atoms with Gasteiger partial charge in [-0.25, -0.2) is 4.99 Å². The molecule has 0 bridgehead atoms. The van der Waals surface area contributed by atoms with E-state index in [2.05, 4.69) is 149 Å². The van der Waals surface area contributed by atoms with Crippen LogP contribution in [-0.2, 0) is 0 Å². The van der Waals surface area contributed by atoms with Crippen molar-refractivity contribution < 1.29 is 0 Å². The molecule has 11 rings (SSSR count). The molecule has 7 aromatic carbocycles. The highest BCUT2D eigenvalue weighted by atomic mass is 32.1. The smallest absolute Gasteiger partial charge is 0.210 e. The number of nitrogens with one attached hydrogen (secondary N) is 1. The molecule has 3 nitrogen and oxygen atoms in total. The Morgan fingerprint density at radius 3 is 2.09 bits per heavy atom. The maximum atomic E-state index is 5.43. The highest BCUT2D eigenvalue weighted by molar-refractivity contribution is 7.22. The van der Waals surface area contributed by atoms with E-state index in [0.717, 1.165) is 22.0 Å². The van der Waals surface area contributed by atoms with E-state index >= 15 is 0 Å². The van der Waals surface area contributed by atoms with E-state index in [0.29, 0.717) is 0 Å². The SMILES string of the molecule is c1ccc2c(c1)-c1cccc3c(C4NC(n5c6ccccc6c6cc7ccccc7cc65)=Nc5sc6ccccc6c54)ccc-2c13. The minimum atomic E-state index is -0.0802. The first-order chi connectivity index (χ1) is 22.8. The maximum absolute atomic E-state index is 5.43. The second-order valence-corrected chi connectivity index (χ2v) is 13.4. The van der Waals surface area contributed by atoms with Gasteiger partial charge in [0.05, 0.1) is 17.1 Å². The average Bonchev–Trinajstić information content (AvgIpc) is 3.76. The van der Waals surface area contributed by atoms with E-state index in [-0.39, 0.29) is 6.04 Å². The van der Waals surface area contributed by atoms with Crippen molar-refractivity contribution >= 4 is 75.7 Å². The van der Waals surface area contributed by atoms with E-state index in [4.69, 9.17) is 4.99 Å². The molecular weight excluding hydrogens is 579 g/mol. The number of hydrogen-bond donors (Lipinski definition) is 1. The summed E-state index contributed by atoms with van der Waals surface area (Å²) in [5.41, 5.74) is 10.1. The van der Waals surface area contributed by atoms with Gasteiger partial charge in [-0.2, -0.15) is 0 Å². The summed E-state index contributed by atoms with van der Waals surface area (Å²) in [4.78, 5) is 5.43. The van der Waals surface area contributed by atoms with E-state index < -0.39 is 0 Å². The molecule has 1 N–H and O–H groups in total. The molecule has 46 heavy (non-hydrogen) atoms. The summed E-state index contributed by atoms with van der Waals surface area (Å²) in [7, 11) is 0. The molecule has 2 aliphatic rings. The van der Waals surface area contributed by atoms with Gasteiger partial charge in [0.1, 0.15) is 5.00 Å². The third kappa shape index (κ3) is 3.19. The molecule has 4 heteroatoms. The topological polar surface area (TPSA) is 29.3 Å². The van der Waals surface area contributed by atoms with Crippen LogP contribution in [0.25, 0.3) is 75.7 Å². The Labute approximate surface area is 268 Å². The second-order valence-electron chi connectivity index (χ2n) is 12.4. The summed E-state index contributed by atoms with van der Waals surface area (Å²) in [6, 6.07) is 50.9. The Bertz CT molecular complexity index is 2770. The van der Waals surface area contributed by atoms with Crippen molar-refractivity contribution in [1.29, 1.82) is 0 Å². The van der Waals surface area contributed by atoms with Crippen molar-refractivity contribution in [2.75, 3.05) is 0 Å². The van der Waals surface area contributed by atoms with Crippen LogP contribution >= 0.6 is 11.3 Å². The summed E-state index contributed by atoms with van der Waals surface area (Å²) < 4.78 is 3.60. The van der Waals surface area contributed by atoms with Crippen molar-refractivity contribution in [2.45, 2.75) is 6.04 Å². The summed E-state index contributed by atoms with van der Waals surface area (Å²) in [5, 5.41) is 13.9. The number of benzene rings is 7. The molecular formula is C42H25N3S. The quantitative estimate of drug-likeness (QED) is 0.199. The highest BCUT2D eigenvalue weighted by Crippen LogP contribution is 2.51. The van der Waals surface area contributed by atoms with Crippen LogP contribution in [-0.4, -0.2) is 10.5 Å². The monoisotopic (exact) mass is 603 g/mol. The fourth-order valence-electron chi connectivity index (χ4n) is 8.06. The largest absolute Gasteiger partial charge is 0.344 e. The van der Waals surface area contributed by atoms with Crippen LogP contribution in [0.15, 0.2) is 145 Å². The Kier molecular flexibility index (Phi) is 4.78. The van der Waals surface area contributed by atoms with Gasteiger partial charge in [-0.15, -0.1) is 11.3 Å². The standard InChI is InChI=1S/C42H25N3S/c1-2-11-25-23-36-34(22-24(25)10-1)28-14-5-7-18-35(28)45(36)42-43-40(39-33-15-6-8-19-37(33)46-41(39)44-42)32-21-20-31-27-13-4-3-12-26(27)29-16-9-17-30(32)38(29)31/h1-23,40H,(H,43,44). The molecule has 0 fully saturated rings. The first kappa shape index (κ1) is 24.6. The third-order valence-corrected chi connectivity index (χ3v) is 11.1. The summed E-state index contributed by atoms with van der Waals surface area (Å²) in [6.07, 6.45) is 0. The first-order valence-electron chi connectivity index (χ1n) is 15.8. The molecule has 1 atom stereocenters. The predicted octanol–water partition coefficient (Wildman–Crippen LogP) is 11.2. The number of aliphatic imine (C=N–C) groups is 1. The fraction of sp³-hybridized carbons (Fsp3) is 0.0238. The van der Waals surface area contributed by atoms with E-state index in [1.54, 1.807) is 11.3 Å². The molecule has 0 saturated heterocycles. The van der Waals surface area contributed by atoms with Gasteiger partial charge in [-0.05, 0) is 73.6 Å². The van der Waals surface area contributed by atoms with Crippen LogP contribution in [0, 0.1) is 0 Å². The number of hydrogen-bond acceptors (Lipinski definition) is 3. The molecule has 0 amide bonds. The lowest BCUT2D eigenvalue weighted by molar-refractivity contribution is 0.746. The van der Waals surface area contributed by atoms with Gasteiger partial charge in [0.25, 0.3) is 0 Å². The Balaban J connectivity index is 1.20. The van der Waals surface area contributed by atoms with Gasteiger partial charge < -0.3 is 5.32 Å². The number of fused-ring (bicyclic) bond motifs is 10. The van der Waals surface area contributed by atoms with Crippen LogP contribution in [0.2, 0.25) is 0 Å². The highest BCUT2D eigenvalue weighted by Gasteiger charge is 2.32. The van der Waals surface area contributed by atoms with Gasteiger partial charge in [0.15, 0.2) is 0 Å². The molecule has 0 radical (unpaired) electrons. The van der Waals surface area contributed by atoms with Gasteiger partial charge in [-0.3, -0.25) is 4.57 Å². The lowest BCUT2D eigenvalue weighted by Crippen LogP contribution is -2.36. The molecule has 2 aromatic heterocycles. The van der Waals surface area contributed by atoms with E-state index in [1.807, 2.05) is 0 Å². The molecule has 1 aliphatic heterocycles. The Morgan fingerprint density at radius 2 is 1.22 bits per heavy atom. The zero-order chi connectivity index (χ0) is 29.9. The van der Waals surface area contributed by atoms with Crippen molar-refractivity contribution in [1.82, 2.24) is 9.88 Å². The minimum Gasteiger partial charge on any atom is -0.344 e. The van der Waals surface area contributed by atoms with Crippen LogP contribution in [0.5, 0.6) is 0 Å². The van der Waals surface area contributed by atoms with Crippen LogP contribution in [0.4, 0.5) is 5.00 Å². The normalized spacial score (nSPS) is 15.0. The van der Waals surface area contributed by atoms with Crippen molar-refractivity contribution in [2.24, 2.45) is 4.99 Å². The minimum absolute atomic E-state index is 0.0802. The molecule has 3 heterocycles. The zero-order valence-corrected chi connectivity index (χ0v) is 25.5. The van der Waals surface area contributed by atoms with Gasteiger partial charge >= 0.3 is 0 Å². The summed E-state index contributed by atoms with van der Waals surface area (Å²) in [6.45, 7) is 0. The molecule has 214 valence electrons. The Morgan fingerprint density at radius 1 is 0.543 bits per heavy atom. The summed E-state index contributed by atoms with van der Waals surface area (Å²) >= 11 is 1.79. The lowest BCUT2D eigenvalue weighted by atomic mass is 9.90. The molecule has 9 aromatic rings. The number of rotatable bonds is 1. The number of nitrogens with zero attached hydrogens (tertiary/aromatic N) is 2. The van der Waals surface area contributed by atoms with Gasteiger partial charge in [-0.1, -0.05) is 115 Å². The van der Waals surface area contributed by atoms with Crippen LogP contribution in [0.1, 0.15) is 17.2 Å². The fourth-order valence-corrected chi connectivity index (χ4v) is 9.17.